The van der Waals surface area contributed by atoms with Gasteiger partial charge in [-0.05, 0) is 77.0 Å². The van der Waals surface area contributed by atoms with Crippen LogP contribution >= 0.6 is 0 Å². The first-order chi connectivity index (χ1) is 30.7. The monoisotopic (exact) mass is 894 g/mol. The van der Waals surface area contributed by atoms with Gasteiger partial charge >= 0.3 is 0 Å². The first kappa shape index (κ1) is 59.1. The molecule has 1 fully saturated rings. The molecular weight excluding hydrogens is 799 g/mol. The minimum Gasteiger partial charge on any atom is -0.394 e. The Morgan fingerprint density at radius 2 is 1.03 bits per heavy atom. The molecular formula is C52H95NO10. The molecule has 0 aromatic rings. The van der Waals surface area contributed by atoms with Crippen molar-refractivity contribution in [1.82, 2.24) is 5.32 Å². The van der Waals surface area contributed by atoms with Gasteiger partial charge in [0, 0.05) is 0 Å². The van der Waals surface area contributed by atoms with Crippen LogP contribution in [0.5, 0.6) is 0 Å². The number of carbonyl (C=O) groups excluding carboxylic acids is 1. The standard InChI is InChI=1S/C52H95NO10/c1-3-5-7-9-11-13-15-16-17-18-19-20-21-22-23-24-25-26-27-28-29-30-32-34-36-38-40-45(56)51(61)53-43(42-62-52-50(60)49(59)48(58)46(41-54)63-52)47(57)44(55)39-37-35-33-31-14-12-10-8-6-4-2/h8,10,19-20,22-23,31,33,43-50,52,54-60H,3-7,9,11-18,21,24-30,32,34-42H2,1-2H3,(H,53,61)/b10-8+,20-19-,23-22-,33-31+. The Morgan fingerprint density at radius 3 is 1.57 bits per heavy atom. The maximum Gasteiger partial charge on any atom is 0.249 e. The Balaban J connectivity index is 2.31. The number of nitrogens with one attached hydrogen (secondary N) is 1. The van der Waals surface area contributed by atoms with E-state index in [1.54, 1.807) is 0 Å². The van der Waals surface area contributed by atoms with Crippen molar-refractivity contribution < 1.29 is 50.0 Å². The summed E-state index contributed by atoms with van der Waals surface area (Å²) < 4.78 is 11.1. The average molecular weight is 894 g/mol. The fourth-order valence-corrected chi connectivity index (χ4v) is 7.85. The molecule has 8 N–H and O–H groups in total. The van der Waals surface area contributed by atoms with Crippen molar-refractivity contribution in [3.8, 4) is 0 Å². The van der Waals surface area contributed by atoms with Crippen LogP contribution in [0.4, 0.5) is 0 Å². The number of hydrogen-bond donors (Lipinski definition) is 8. The maximum absolute atomic E-state index is 13.1. The summed E-state index contributed by atoms with van der Waals surface area (Å²) in [5.74, 6) is -0.716. The molecule has 1 heterocycles. The Hall–Kier alpha value is -1.93. The van der Waals surface area contributed by atoms with Crippen molar-refractivity contribution in [3.63, 3.8) is 0 Å². The normalized spacial score (nSPS) is 21.6. The van der Waals surface area contributed by atoms with E-state index in [4.69, 9.17) is 9.47 Å². The van der Waals surface area contributed by atoms with Gasteiger partial charge in [-0.25, -0.2) is 0 Å². The number of ether oxygens (including phenoxy) is 2. The molecule has 0 bridgehead atoms. The first-order valence-corrected chi connectivity index (χ1v) is 25.5. The van der Waals surface area contributed by atoms with E-state index in [-0.39, 0.29) is 12.8 Å². The topological polar surface area (TPSA) is 189 Å². The van der Waals surface area contributed by atoms with Gasteiger partial charge in [0.15, 0.2) is 6.29 Å². The summed E-state index contributed by atoms with van der Waals surface area (Å²) in [6.45, 7) is 3.33. The molecule has 0 radical (unpaired) electrons. The lowest BCUT2D eigenvalue weighted by Gasteiger charge is -2.40. The molecule has 63 heavy (non-hydrogen) atoms. The van der Waals surface area contributed by atoms with Crippen LogP contribution in [0.3, 0.4) is 0 Å². The highest BCUT2D eigenvalue weighted by Crippen LogP contribution is 2.23. The summed E-state index contributed by atoms with van der Waals surface area (Å²) in [4.78, 5) is 13.1. The van der Waals surface area contributed by atoms with Crippen LogP contribution in [0.15, 0.2) is 48.6 Å². The fourth-order valence-electron chi connectivity index (χ4n) is 7.85. The quantitative estimate of drug-likeness (QED) is 0.0217. The predicted molar refractivity (Wildman–Crippen MR) is 256 cm³/mol. The largest absolute Gasteiger partial charge is 0.394 e. The lowest BCUT2D eigenvalue weighted by Crippen LogP contribution is -2.60. The van der Waals surface area contributed by atoms with E-state index in [9.17, 15) is 40.5 Å². The van der Waals surface area contributed by atoms with E-state index in [0.29, 0.717) is 19.3 Å². The molecule has 1 rings (SSSR count). The van der Waals surface area contributed by atoms with Crippen LogP contribution < -0.4 is 5.32 Å². The number of rotatable bonds is 42. The minimum absolute atomic E-state index is 0.242. The van der Waals surface area contributed by atoms with Crippen LogP contribution in [0, 0.1) is 0 Å². The van der Waals surface area contributed by atoms with Crippen LogP contribution in [0.25, 0.3) is 0 Å². The molecule has 11 nitrogen and oxygen atoms in total. The number of carbonyl (C=O) groups is 1. The number of amides is 1. The van der Waals surface area contributed by atoms with Gasteiger partial charge in [-0.1, -0.05) is 178 Å². The van der Waals surface area contributed by atoms with E-state index in [2.05, 4.69) is 61.7 Å². The molecule has 0 saturated carbocycles. The van der Waals surface area contributed by atoms with E-state index >= 15 is 0 Å². The molecule has 1 amide bonds. The van der Waals surface area contributed by atoms with Crippen molar-refractivity contribution in [2.24, 2.45) is 0 Å². The minimum atomic E-state index is -1.67. The van der Waals surface area contributed by atoms with E-state index in [1.165, 1.54) is 103 Å². The Morgan fingerprint density at radius 1 is 0.556 bits per heavy atom. The molecule has 9 unspecified atom stereocenters. The van der Waals surface area contributed by atoms with E-state index in [1.807, 2.05) is 6.08 Å². The third-order valence-corrected chi connectivity index (χ3v) is 12.1. The van der Waals surface area contributed by atoms with Crippen LogP contribution in [-0.2, 0) is 14.3 Å². The third kappa shape index (κ3) is 30.8. The summed E-state index contributed by atoms with van der Waals surface area (Å²) in [5, 5.41) is 75.6. The zero-order chi connectivity index (χ0) is 46.2. The lowest BCUT2D eigenvalue weighted by atomic mass is 9.98. The van der Waals surface area contributed by atoms with Crippen molar-refractivity contribution in [3.05, 3.63) is 48.6 Å². The van der Waals surface area contributed by atoms with Gasteiger partial charge < -0.3 is 50.5 Å². The van der Waals surface area contributed by atoms with Gasteiger partial charge in [0.2, 0.25) is 5.91 Å². The number of allylic oxidation sites excluding steroid dienone is 8. The molecule has 0 aliphatic carbocycles. The number of aliphatic hydroxyl groups is 7. The zero-order valence-electron chi connectivity index (χ0n) is 39.8. The SMILES string of the molecule is CCC/C=C/CC/C=C/CCCC(O)C(O)C(COC1OC(CO)C(O)C(O)C1O)NC(=O)C(O)CCCCCCCCCCCC/C=C\C/C=C\CCCCCCCCCCC. The molecule has 9 atom stereocenters. The fraction of sp³-hybridized carbons (Fsp3) is 0.827. The van der Waals surface area contributed by atoms with Crippen molar-refractivity contribution in [2.75, 3.05) is 13.2 Å². The molecule has 368 valence electrons. The summed E-state index contributed by atoms with van der Waals surface area (Å²) in [5.41, 5.74) is 0. The first-order valence-electron chi connectivity index (χ1n) is 25.5. The Bertz CT molecular complexity index is 1160. The maximum atomic E-state index is 13.1. The highest BCUT2D eigenvalue weighted by molar-refractivity contribution is 5.80. The van der Waals surface area contributed by atoms with Gasteiger partial charge in [-0.15, -0.1) is 0 Å². The van der Waals surface area contributed by atoms with Crippen LogP contribution in [0.1, 0.15) is 206 Å². The molecule has 0 aromatic carbocycles. The highest BCUT2D eigenvalue weighted by atomic mass is 16.7. The van der Waals surface area contributed by atoms with E-state index < -0.39 is 74.2 Å². The Kier molecular flexibility index (Phi) is 38.9. The van der Waals surface area contributed by atoms with Gasteiger partial charge in [-0.2, -0.15) is 0 Å². The molecule has 1 saturated heterocycles. The highest BCUT2D eigenvalue weighted by Gasteiger charge is 2.44. The summed E-state index contributed by atoms with van der Waals surface area (Å²) >= 11 is 0. The zero-order valence-corrected chi connectivity index (χ0v) is 39.8. The summed E-state index contributed by atoms with van der Waals surface area (Å²) in [6.07, 6.45) is 39.0. The van der Waals surface area contributed by atoms with Crippen molar-refractivity contribution in [1.29, 1.82) is 0 Å². The third-order valence-electron chi connectivity index (χ3n) is 12.1. The molecule has 0 spiro atoms. The summed E-state index contributed by atoms with van der Waals surface area (Å²) in [7, 11) is 0. The number of unbranched alkanes of at least 4 members (excludes halogenated alkanes) is 22. The molecule has 1 aliphatic rings. The second kappa shape index (κ2) is 41.5. The number of aliphatic hydroxyl groups excluding tert-OH is 7. The van der Waals surface area contributed by atoms with E-state index in [0.717, 1.165) is 57.8 Å². The predicted octanol–water partition coefficient (Wildman–Crippen LogP) is 9.34. The van der Waals surface area contributed by atoms with Crippen LogP contribution in [0.2, 0.25) is 0 Å². The van der Waals surface area contributed by atoms with Gasteiger partial charge in [-0.3, -0.25) is 4.79 Å². The van der Waals surface area contributed by atoms with Crippen LogP contribution in [-0.4, -0.2) is 110 Å². The molecule has 1 aliphatic heterocycles. The van der Waals surface area contributed by atoms with Gasteiger partial charge in [0.25, 0.3) is 0 Å². The summed E-state index contributed by atoms with van der Waals surface area (Å²) in [6, 6.07) is -1.19. The van der Waals surface area contributed by atoms with Gasteiger partial charge in [0.05, 0.1) is 25.4 Å². The average Bonchev–Trinajstić information content (AvgIpc) is 3.28. The molecule has 11 heteroatoms. The van der Waals surface area contributed by atoms with Crippen molar-refractivity contribution >= 4 is 5.91 Å². The van der Waals surface area contributed by atoms with Crippen molar-refractivity contribution in [2.45, 2.75) is 262 Å². The lowest BCUT2D eigenvalue weighted by molar-refractivity contribution is -0.303. The molecule has 0 aromatic heterocycles. The van der Waals surface area contributed by atoms with Gasteiger partial charge in [0.1, 0.15) is 36.6 Å². The number of hydrogen-bond acceptors (Lipinski definition) is 10. The Labute approximate surface area is 383 Å². The second-order valence-electron chi connectivity index (χ2n) is 17.9. The smallest absolute Gasteiger partial charge is 0.249 e. The second-order valence-corrected chi connectivity index (χ2v) is 17.9.